The zero-order chi connectivity index (χ0) is 18.0. The van der Waals surface area contributed by atoms with E-state index in [0.29, 0.717) is 18.5 Å². The molecule has 0 saturated carbocycles. The molecule has 130 valence electrons. The summed E-state index contributed by atoms with van der Waals surface area (Å²) in [6.45, 7) is 0. The van der Waals surface area contributed by atoms with Gasteiger partial charge in [-0.25, -0.2) is 4.79 Å². The molecular weight excluding hydrogens is 316 g/mol. The monoisotopic (exact) mass is 336 g/mol. The van der Waals surface area contributed by atoms with Crippen molar-refractivity contribution in [3.8, 4) is 0 Å². The minimum atomic E-state index is -0.655. The van der Waals surface area contributed by atoms with Crippen LogP contribution in [0.2, 0.25) is 0 Å². The summed E-state index contributed by atoms with van der Waals surface area (Å²) in [5, 5.41) is 0. The Balaban J connectivity index is 2.63. The molecule has 1 unspecified atom stereocenters. The van der Waals surface area contributed by atoms with Gasteiger partial charge >= 0.3 is 11.9 Å². The van der Waals surface area contributed by atoms with Gasteiger partial charge in [-0.2, -0.15) is 0 Å². The van der Waals surface area contributed by atoms with Crippen molar-refractivity contribution < 1.29 is 23.9 Å². The first-order chi connectivity index (χ1) is 11.3. The molecule has 0 spiro atoms. The van der Waals surface area contributed by atoms with Crippen molar-refractivity contribution in [2.75, 3.05) is 28.3 Å². The van der Waals surface area contributed by atoms with Gasteiger partial charge < -0.3 is 14.4 Å². The Morgan fingerprint density at radius 3 is 2.46 bits per heavy atom. The van der Waals surface area contributed by atoms with Crippen LogP contribution in [0.1, 0.15) is 34.1 Å². The third-order valence-corrected chi connectivity index (χ3v) is 4.08. The van der Waals surface area contributed by atoms with Crippen LogP contribution in [0.3, 0.4) is 0 Å². The fraction of sp³-hybridized carbons (Fsp3) is 0.500. The number of carbonyl (C=O) groups is 3. The van der Waals surface area contributed by atoms with Gasteiger partial charge in [-0.1, -0.05) is 0 Å². The molecule has 8 nitrogen and oxygen atoms in total. The number of aromatic nitrogens is 1. The standard InChI is InChI=1S/C16H20N2O6/c1-17(2)15(21)11-6-5-10-14(16(22)24-4)9(8-13(20)23-3)7-12(19)18(10)11/h7,11H,5-6,8H2,1-4H3. The van der Waals surface area contributed by atoms with E-state index < -0.39 is 23.5 Å². The molecule has 1 aliphatic heterocycles. The maximum absolute atomic E-state index is 12.5. The predicted octanol–water partition coefficient (Wildman–Crippen LogP) is -0.0741. The Morgan fingerprint density at radius 2 is 1.92 bits per heavy atom. The number of ether oxygens (including phenoxy) is 2. The van der Waals surface area contributed by atoms with Gasteiger partial charge in [-0.05, 0) is 18.4 Å². The van der Waals surface area contributed by atoms with Crippen LogP contribution < -0.4 is 5.56 Å². The third kappa shape index (κ3) is 3.04. The summed E-state index contributed by atoms with van der Waals surface area (Å²) in [7, 11) is 5.67. The van der Waals surface area contributed by atoms with Crippen molar-refractivity contribution in [3.63, 3.8) is 0 Å². The summed E-state index contributed by atoms with van der Waals surface area (Å²) in [6.07, 6.45) is 0.577. The van der Waals surface area contributed by atoms with Crippen LogP contribution in [0.25, 0.3) is 0 Å². The van der Waals surface area contributed by atoms with Gasteiger partial charge in [0.15, 0.2) is 0 Å². The number of amides is 1. The van der Waals surface area contributed by atoms with E-state index in [9.17, 15) is 19.2 Å². The van der Waals surface area contributed by atoms with Gasteiger partial charge in [0.2, 0.25) is 5.91 Å². The highest BCUT2D eigenvalue weighted by Gasteiger charge is 2.35. The normalized spacial score (nSPS) is 15.6. The van der Waals surface area contributed by atoms with Crippen molar-refractivity contribution in [1.82, 2.24) is 9.47 Å². The Labute approximate surface area is 139 Å². The fourth-order valence-corrected chi connectivity index (χ4v) is 2.97. The number of fused-ring (bicyclic) bond motifs is 1. The van der Waals surface area contributed by atoms with Gasteiger partial charge in [0, 0.05) is 25.9 Å². The molecule has 0 fully saturated rings. The molecule has 8 heteroatoms. The van der Waals surface area contributed by atoms with Crippen molar-refractivity contribution >= 4 is 17.8 Å². The summed E-state index contributed by atoms with van der Waals surface area (Å²) in [4.78, 5) is 50.0. The van der Waals surface area contributed by atoms with Crippen LogP contribution in [0, 0.1) is 0 Å². The van der Waals surface area contributed by atoms with Gasteiger partial charge in [0.25, 0.3) is 5.56 Å². The number of esters is 2. The number of carbonyl (C=O) groups excluding carboxylic acids is 3. The first-order valence-electron chi connectivity index (χ1n) is 7.45. The van der Waals surface area contributed by atoms with Crippen molar-refractivity contribution in [2.24, 2.45) is 0 Å². The van der Waals surface area contributed by atoms with E-state index in [4.69, 9.17) is 4.74 Å². The van der Waals surface area contributed by atoms with Gasteiger partial charge in [-0.15, -0.1) is 0 Å². The second-order valence-corrected chi connectivity index (χ2v) is 5.73. The van der Waals surface area contributed by atoms with Crippen LogP contribution in [-0.4, -0.2) is 55.6 Å². The first-order valence-corrected chi connectivity index (χ1v) is 7.45. The van der Waals surface area contributed by atoms with Crippen molar-refractivity contribution in [3.05, 3.63) is 33.2 Å². The molecule has 0 bridgehead atoms. The molecule has 1 aromatic rings. The second kappa shape index (κ2) is 6.86. The topological polar surface area (TPSA) is 94.9 Å². The number of hydrogen-bond donors (Lipinski definition) is 0. The van der Waals surface area contributed by atoms with E-state index >= 15 is 0 Å². The quantitative estimate of drug-likeness (QED) is 0.714. The SMILES string of the molecule is COC(=O)Cc1cc(=O)n2c(c1C(=O)OC)CCC2C(=O)N(C)C. The fourth-order valence-electron chi connectivity index (χ4n) is 2.97. The maximum atomic E-state index is 12.5. The van der Waals surface area contributed by atoms with Gasteiger partial charge in [0.1, 0.15) is 6.04 Å². The Kier molecular flexibility index (Phi) is 5.06. The Morgan fingerprint density at radius 1 is 1.25 bits per heavy atom. The van der Waals surface area contributed by atoms with Crippen molar-refractivity contribution in [2.45, 2.75) is 25.3 Å². The molecule has 0 aliphatic carbocycles. The molecule has 2 heterocycles. The van der Waals surface area contributed by atoms with E-state index in [0.717, 1.165) is 0 Å². The summed E-state index contributed by atoms with van der Waals surface area (Å²) >= 11 is 0. The number of rotatable bonds is 4. The number of methoxy groups -OCH3 is 2. The molecule has 24 heavy (non-hydrogen) atoms. The van der Waals surface area contributed by atoms with Crippen LogP contribution in [-0.2, 0) is 31.9 Å². The van der Waals surface area contributed by atoms with Crippen LogP contribution in [0.4, 0.5) is 0 Å². The number of likely N-dealkylation sites (N-methyl/N-ethyl adjacent to an activating group) is 1. The zero-order valence-electron chi connectivity index (χ0n) is 14.1. The molecule has 1 aliphatic rings. The van der Waals surface area contributed by atoms with Crippen LogP contribution >= 0.6 is 0 Å². The van der Waals surface area contributed by atoms with Crippen molar-refractivity contribution in [1.29, 1.82) is 0 Å². The maximum Gasteiger partial charge on any atom is 0.339 e. The predicted molar refractivity (Wildman–Crippen MR) is 83.8 cm³/mol. The molecule has 2 rings (SSSR count). The van der Waals surface area contributed by atoms with Crippen LogP contribution in [0.15, 0.2) is 10.9 Å². The van der Waals surface area contributed by atoms with E-state index in [1.807, 2.05) is 0 Å². The van der Waals surface area contributed by atoms with E-state index in [-0.39, 0.29) is 23.5 Å². The van der Waals surface area contributed by atoms with Gasteiger partial charge in [-0.3, -0.25) is 19.0 Å². The molecule has 1 atom stereocenters. The lowest BCUT2D eigenvalue weighted by Crippen LogP contribution is -2.36. The summed E-state index contributed by atoms with van der Waals surface area (Å²) in [6, 6.07) is 0.548. The largest absolute Gasteiger partial charge is 0.469 e. The molecular formula is C16H20N2O6. The lowest BCUT2D eigenvalue weighted by Gasteiger charge is -2.20. The average Bonchev–Trinajstić information content (AvgIpc) is 2.98. The number of nitrogens with zero attached hydrogens (tertiary/aromatic N) is 2. The third-order valence-electron chi connectivity index (χ3n) is 4.08. The second-order valence-electron chi connectivity index (χ2n) is 5.73. The van der Waals surface area contributed by atoms with Gasteiger partial charge in [0.05, 0.1) is 26.2 Å². The molecule has 1 aromatic heterocycles. The molecule has 0 N–H and O–H groups in total. The van der Waals surface area contributed by atoms with E-state index in [1.54, 1.807) is 14.1 Å². The highest BCUT2D eigenvalue weighted by molar-refractivity contribution is 5.94. The highest BCUT2D eigenvalue weighted by atomic mass is 16.5. The smallest absolute Gasteiger partial charge is 0.339 e. The molecule has 0 radical (unpaired) electrons. The minimum Gasteiger partial charge on any atom is -0.469 e. The lowest BCUT2D eigenvalue weighted by molar-refractivity contribution is -0.139. The van der Waals surface area contributed by atoms with E-state index in [1.165, 1.54) is 29.8 Å². The number of hydrogen-bond acceptors (Lipinski definition) is 6. The Bertz CT molecular complexity index is 750. The number of pyridine rings is 1. The van der Waals surface area contributed by atoms with E-state index in [2.05, 4.69) is 4.74 Å². The summed E-state index contributed by atoms with van der Waals surface area (Å²) in [5.41, 5.74) is 0.419. The molecule has 0 aromatic carbocycles. The highest BCUT2D eigenvalue weighted by Crippen LogP contribution is 2.29. The zero-order valence-corrected chi connectivity index (χ0v) is 14.1. The van der Waals surface area contributed by atoms with Crippen LogP contribution in [0.5, 0.6) is 0 Å². The summed E-state index contributed by atoms with van der Waals surface area (Å²) in [5.74, 6) is -1.42. The average molecular weight is 336 g/mol. The summed E-state index contributed by atoms with van der Waals surface area (Å²) < 4.78 is 10.7. The molecule has 1 amide bonds. The Hall–Kier alpha value is -2.64. The molecule has 0 saturated heterocycles. The lowest BCUT2D eigenvalue weighted by atomic mass is 10.0. The minimum absolute atomic E-state index is 0.163. The first kappa shape index (κ1) is 17.7.